The summed E-state index contributed by atoms with van der Waals surface area (Å²) in [5, 5.41) is 0. The SMILES string of the molecule is CSc1c(OC2CC2)ccnc1I. The summed E-state index contributed by atoms with van der Waals surface area (Å²) in [6.45, 7) is 0. The summed E-state index contributed by atoms with van der Waals surface area (Å²) < 4.78 is 6.79. The van der Waals surface area contributed by atoms with Gasteiger partial charge in [0.2, 0.25) is 0 Å². The highest BCUT2D eigenvalue weighted by molar-refractivity contribution is 14.1. The molecule has 0 aromatic carbocycles. The molecule has 2 rings (SSSR count). The van der Waals surface area contributed by atoms with E-state index in [-0.39, 0.29) is 0 Å². The fraction of sp³-hybridized carbons (Fsp3) is 0.444. The number of aromatic nitrogens is 1. The van der Waals surface area contributed by atoms with Gasteiger partial charge in [-0.05, 0) is 47.8 Å². The van der Waals surface area contributed by atoms with E-state index < -0.39 is 0 Å². The molecule has 0 aliphatic heterocycles. The maximum absolute atomic E-state index is 5.76. The van der Waals surface area contributed by atoms with Crippen molar-refractivity contribution >= 4 is 34.4 Å². The molecule has 0 spiro atoms. The highest BCUT2D eigenvalue weighted by Gasteiger charge is 2.24. The summed E-state index contributed by atoms with van der Waals surface area (Å²) in [5.41, 5.74) is 0. The van der Waals surface area contributed by atoms with Crippen LogP contribution < -0.4 is 4.74 Å². The largest absolute Gasteiger partial charge is 0.489 e. The Bertz CT molecular complexity index is 314. The van der Waals surface area contributed by atoms with Crippen LogP contribution >= 0.6 is 34.4 Å². The molecule has 0 amide bonds. The standard InChI is InChI=1S/C9H10INOS/c1-13-8-7(12-6-2-3-6)4-5-11-9(8)10/h4-6H,2-3H2,1H3. The van der Waals surface area contributed by atoms with Gasteiger partial charge in [0.1, 0.15) is 9.45 Å². The summed E-state index contributed by atoms with van der Waals surface area (Å²) >= 11 is 3.94. The van der Waals surface area contributed by atoms with Crippen LogP contribution in [0.4, 0.5) is 0 Å². The molecule has 0 N–H and O–H groups in total. The zero-order valence-electron chi connectivity index (χ0n) is 7.29. The zero-order valence-corrected chi connectivity index (χ0v) is 10.3. The van der Waals surface area contributed by atoms with Crippen LogP contribution in [-0.4, -0.2) is 17.3 Å². The molecule has 1 aliphatic rings. The van der Waals surface area contributed by atoms with Gasteiger partial charge in [-0.15, -0.1) is 11.8 Å². The fourth-order valence-electron chi connectivity index (χ4n) is 1.05. The van der Waals surface area contributed by atoms with E-state index in [9.17, 15) is 0 Å². The van der Waals surface area contributed by atoms with Crippen molar-refractivity contribution in [3.05, 3.63) is 16.0 Å². The molecule has 70 valence electrons. The topological polar surface area (TPSA) is 22.1 Å². The minimum Gasteiger partial charge on any atom is -0.489 e. The Morgan fingerprint density at radius 3 is 3.00 bits per heavy atom. The van der Waals surface area contributed by atoms with Crippen LogP contribution in [0, 0.1) is 3.70 Å². The Labute approximate surface area is 95.6 Å². The van der Waals surface area contributed by atoms with Gasteiger partial charge in [0, 0.05) is 6.20 Å². The smallest absolute Gasteiger partial charge is 0.137 e. The second-order valence-corrected chi connectivity index (χ2v) is 4.79. The second kappa shape index (κ2) is 4.04. The molecule has 0 atom stereocenters. The number of pyridine rings is 1. The van der Waals surface area contributed by atoms with Crippen molar-refractivity contribution in [2.24, 2.45) is 0 Å². The molecule has 0 saturated heterocycles. The number of nitrogens with zero attached hydrogens (tertiary/aromatic N) is 1. The van der Waals surface area contributed by atoms with Crippen molar-refractivity contribution < 1.29 is 4.74 Å². The molecule has 1 fully saturated rings. The number of halogens is 1. The van der Waals surface area contributed by atoms with Crippen molar-refractivity contribution in [1.82, 2.24) is 4.98 Å². The number of hydrogen-bond acceptors (Lipinski definition) is 3. The van der Waals surface area contributed by atoms with Crippen LogP contribution in [0.1, 0.15) is 12.8 Å². The fourth-order valence-corrected chi connectivity index (χ4v) is 2.68. The lowest BCUT2D eigenvalue weighted by Crippen LogP contribution is -1.99. The van der Waals surface area contributed by atoms with E-state index >= 15 is 0 Å². The summed E-state index contributed by atoms with van der Waals surface area (Å²) in [7, 11) is 0. The van der Waals surface area contributed by atoms with E-state index in [2.05, 4.69) is 33.8 Å². The molecule has 4 heteroatoms. The predicted molar refractivity (Wildman–Crippen MR) is 62.4 cm³/mol. The number of hydrogen-bond donors (Lipinski definition) is 0. The lowest BCUT2D eigenvalue weighted by atomic mass is 10.4. The van der Waals surface area contributed by atoms with Gasteiger partial charge in [-0.25, -0.2) is 4.98 Å². The Hall–Kier alpha value is 0.0300. The van der Waals surface area contributed by atoms with E-state index in [1.165, 1.54) is 12.8 Å². The summed E-state index contributed by atoms with van der Waals surface area (Å²) in [6, 6.07) is 1.95. The molecule has 2 nitrogen and oxygen atoms in total. The first-order chi connectivity index (χ1) is 6.31. The monoisotopic (exact) mass is 307 g/mol. The molecule has 0 unspecified atom stereocenters. The normalized spacial score (nSPS) is 15.8. The van der Waals surface area contributed by atoms with Gasteiger partial charge >= 0.3 is 0 Å². The van der Waals surface area contributed by atoms with Crippen molar-refractivity contribution in [2.45, 2.75) is 23.8 Å². The van der Waals surface area contributed by atoms with E-state index in [4.69, 9.17) is 4.74 Å². The van der Waals surface area contributed by atoms with Gasteiger partial charge in [0.25, 0.3) is 0 Å². The van der Waals surface area contributed by atoms with Gasteiger partial charge in [0.05, 0.1) is 11.0 Å². The minimum atomic E-state index is 0.462. The quantitative estimate of drug-likeness (QED) is 0.487. The molecule has 1 heterocycles. The summed E-state index contributed by atoms with van der Waals surface area (Å²) in [4.78, 5) is 5.39. The number of rotatable bonds is 3. The summed E-state index contributed by atoms with van der Waals surface area (Å²) in [6.07, 6.45) is 6.72. The number of thioether (sulfide) groups is 1. The Morgan fingerprint density at radius 2 is 2.38 bits per heavy atom. The first kappa shape index (κ1) is 9.58. The van der Waals surface area contributed by atoms with E-state index in [0.717, 1.165) is 14.3 Å². The number of ether oxygens (including phenoxy) is 1. The van der Waals surface area contributed by atoms with Gasteiger partial charge in [-0.1, -0.05) is 0 Å². The molecule has 1 aromatic rings. The van der Waals surface area contributed by atoms with Gasteiger partial charge in [0.15, 0.2) is 0 Å². The lowest BCUT2D eigenvalue weighted by molar-refractivity contribution is 0.295. The van der Waals surface area contributed by atoms with Crippen LogP contribution in [-0.2, 0) is 0 Å². The zero-order chi connectivity index (χ0) is 9.26. The van der Waals surface area contributed by atoms with Crippen molar-refractivity contribution in [3.63, 3.8) is 0 Å². The highest BCUT2D eigenvalue weighted by atomic mass is 127. The molecular weight excluding hydrogens is 297 g/mol. The maximum atomic E-state index is 5.76. The van der Waals surface area contributed by atoms with Crippen molar-refractivity contribution in [3.8, 4) is 5.75 Å². The van der Waals surface area contributed by atoms with E-state index in [1.54, 1.807) is 18.0 Å². The minimum absolute atomic E-state index is 0.462. The summed E-state index contributed by atoms with van der Waals surface area (Å²) in [5.74, 6) is 0.995. The molecule has 13 heavy (non-hydrogen) atoms. The molecule has 0 bridgehead atoms. The highest BCUT2D eigenvalue weighted by Crippen LogP contribution is 2.35. The third-order valence-electron chi connectivity index (χ3n) is 1.85. The Morgan fingerprint density at radius 1 is 1.62 bits per heavy atom. The van der Waals surface area contributed by atoms with Gasteiger partial charge < -0.3 is 4.74 Å². The van der Waals surface area contributed by atoms with Gasteiger partial charge in [-0.2, -0.15) is 0 Å². The lowest BCUT2D eigenvalue weighted by Gasteiger charge is -2.09. The van der Waals surface area contributed by atoms with E-state index in [0.29, 0.717) is 6.10 Å². The molecule has 1 aliphatic carbocycles. The van der Waals surface area contributed by atoms with Crippen LogP contribution in [0.2, 0.25) is 0 Å². The van der Waals surface area contributed by atoms with Gasteiger partial charge in [-0.3, -0.25) is 0 Å². The van der Waals surface area contributed by atoms with Crippen LogP contribution in [0.3, 0.4) is 0 Å². The average molecular weight is 307 g/mol. The van der Waals surface area contributed by atoms with Crippen LogP contribution in [0.5, 0.6) is 5.75 Å². The molecular formula is C9H10INOS. The molecule has 1 aromatic heterocycles. The predicted octanol–water partition coefficient (Wildman–Crippen LogP) is 2.95. The van der Waals surface area contributed by atoms with Crippen molar-refractivity contribution in [1.29, 1.82) is 0 Å². The second-order valence-electron chi connectivity index (χ2n) is 2.95. The Balaban J connectivity index is 2.25. The van der Waals surface area contributed by atoms with Crippen molar-refractivity contribution in [2.75, 3.05) is 6.26 Å². The third kappa shape index (κ3) is 2.28. The Kier molecular flexibility index (Phi) is 2.98. The van der Waals surface area contributed by atoms with Crippen LogP contribution in [0.25, 0.3) is 0 Å². The average Bonchev–Trinajstić information content (AvgIpc) is 2.89. The third-order valence-corrected chi connectivity index (χ3v) is 3.83. The maximum Gasteiger partial charge on any atom is 0.137 e. The van der Waals surface area contributed by atoms with Crippen LogP contribution in [0.15, 0.2) is 17.2 Å². The van der Waals surface area contributed by atoms with E-state index in [1.807, 2.05) is 6.07 Å². The molecule has 1 saturated carbocycles. The first-order valence-corrected chi connectivity index (χ1v) is 6.46. The molecule has 0 radical (unpaired) electrons. The first-order valence-electron chi connectivity index (χ1n) is 4.16.